The van der Waals surface area contributed by atoms with E-state index in [0.29, 0.717) is 6.04 Å². The Kier molecular flexibility index (Phi) is 4.93. The highest BCUT2D eigenvalue weighted by Gasteiger charge is 2.21. The molecule has 4 nitrogen and oxygen atoms in total. The zero-order valence-electron chi connectivity index (χ0n) is 12.8. The van der Waals surface area contributed by atoms with Crippen molar-refractivity contribution < 1.29 is 4.74 Å². The lowest BCUT2D eigenvalue weighted by atomic mass is 10.0. The van der Waals surface area contributed by atoms with Crippen molar-refractivity contribution >= 4 is 0 Å². The summed E-state index contributed by atoms with van der Waals surface area (Å²) in [5, 5.41) is 8.09. The van der Waals surface area contributed by atoms with Gasteiger partial charge in [-0.3, -0.25) is 4.68 Å². The molecule has 1 N–H and O–H groups in total. The maximum atomic E-state index is 5.43. The average molecular weight is 253 g/mol. The van der Waals surface area contributed by atoms with E-state index >= 15 is 0 Å². The minimum atomic E-state index is -0.142. The number of methoxy groups -OCH3 is 1. The molecule has 0 aromatic carbocycles. The van der Waals surface area contributed by atoms with Crippen molar-refractivity contribution in [2.45, 2.75) is 59.7 Å². The Morgan fingerprint density at radius 1 is 1.39 bits per heavy atom. The topological polar surface area (TPSA) is 39.1 Å². The lowest BCUT2D eigenvalue weighted by Gasteiger charge is -2.26. The van der Waals surface area contributed by atoms with Crippen LogP contribution in [0.1, 0.15) is 50.7 Å². The summed E-state index contributed by atoms with van der Waals surface area (Å²) in [6.07, 6.45) is 0. The van der Waals surface area contributed by atoms with Crippen LogP contribution >= 0.6 is 0 Å². The number of aromatic nitrogens is 2. The molecule has 0 spiro atoms. The van der Waals surface area contributed by atoms with Gasteiger partial charge in [-0.05, 0) is 41.5 Å². The maximum absolute atomic E-state index is 5.43. The van der Waals surface area contributed by atoms with Crippen LogP contribution in [0.15, 0.2) is 0 Å². The number of rotatable bonds is 6. The molecule has 0 radical (unpaired) electrons. The van der Waals surface area contributed by atoms with Crippen LogP contribution in [0, 0.1) is 13.8 Å². The lowest BCUT2D eigenvalue weighted by molar-refractivity contribution is 0.0214. The average Bonchev–Trinajstić information content (AvgIpc) is 2.61. The van der Waals surface area contributed by atoms with Crippen molar-refractivity contribution in [1.82, 2.24) is 15.1 Å². The normalized spacial score (nSPS) is 13.9. The Labute approximate surface area is 111 Å². The van der Waals surface area contributed by atoms with Gasteiger partial charge >= 0.3 is 0 Å². The molecule has 1 aromatic rings. The zero-order chi connectivity index (χ0) is 13.9. The van der Waals surface area contributed by atoms with E-state index in [0.717, 1.165) is 18.8 Å². The van der Waals surface area contributed by atoms with Crippen molar-refractivity contribution in [2.75, 3.05) is 13.7 Å². The first-order valence-electron chi connectivity index (χ1n) is 6.64. The Bertz CT molecular complexity index is 396. The number of nitrogens with one attached hydrogen (secondary N) is 1. The summed E-state index contributed by atoms with van der Waals surface area (Å²) < 4.78 is 7.49. The van der Waals surface area contributed by atoms with Crippen molar-refractivity contribution in [1.29, 1.82) is 0 Å². The van der Waals surface area contributed by atoms with Crippen LogP contribution in [-0.4, -0.2) is 29.0 Å². The number of aryl methyl sites for hydroxylation is 2. The van der Waals surface area contributed by atoms with E-state index in [1.165, 1.54) is 11.3 Å². The van der Waals surface area contributed by atoms with Gasteiger partial charge in [-0.25, -0.2) is 0 Å². The molecule has 1 atom stereocenters. The van der Waals surface area contributed by atoms with Gasteiger partial charge in [-0.1, -0.05) is 0 Å². The monoisotopic (exact) mass is 253 g/mol. The number of hydrogen-bond donors (Lipinski definition) is 1. The van der Waals surface area contributed by atoms with Crippen LogP contribution < -0.4 is 5.32 Å². The summed E-state index contributed by atoms with van der Waals surface area (Å²) in [6.45, 7) is 14.4. The molecule has 0 aliphatic heterocycles. The smallest absolute Gasteiger partial charge is 0.0746 e. The molecule has 0 bridgehead atoms. The van der Waals surface area contributed by atoms with Gasteiger partial charge in [0.1, 0.15) is 0 Å². The van der Waals surface area contributed by atoms with Gasteiger partial charge in [0.05, 0.1) is 11.3 Å². The van der Waals surface area contributed by atoms with Crippen molar-refractivity contribution in [3.05, 3.63) is 17.0 Å². The molecule has 104 valence electrons. The molecule has 0 fully saturated rings. The zero-order valence-corrected chi connectivity index (χ0v) is 12.8. The summed E-state index contributed by atoms with van der Waals surface area (Å²) in [5.74, 6) is 0. The summed E-state index contributed by atoms with van der Waals surface area (Å²) in [6, 6.07) is 0.291. The maximum Gasteiger partial charge on any atom is 0.0746 e. The van der Waals surface area contributed by atoms with E-state index in [1.54, 1.807) is 7.11 Å². The van der Waals surface area contributed by atoms with Crippen LogP contribution in [0.25, 0.3) is 0 Å². The molecule has 1 heterocycles. The Morgan fingerprint density at radius 2 is 2.00 bits per heavy atom. The van der Waals surface area contributed by atoms with Crippen molar-refractivity contribution in [3.8, 4) is 0 Å². The Morgan fingerprint density at radius 3 is 2.44 bits per heavy atom. The van der Waals surface area contributed by atoms with Gasteiger partial charge in [0.15, 0.2) is 0 Å². The van der Waals surface area contributed by atoms with Crippen LogP contribution in [0.4, 0.5) is 0 Å². The van der Waals surface area contributed by atoms with Gasteiger partial charge in [0.2, 0.25) is 0 Å². The lowest BCUT2D eigenvalue weighted by Crippen LogP contribution is -2.38. The molecule has 0 aliphatic carbocycles. The van der Waals surface area contributed by atoms with Gasteiger partial charge in [-0.15, -0.1) is 0 Å². The van der Waals surface area contributed by atoms with Crippen LogP contribution in [-0.2, 0) is 11.3 Å². The molecular weight excluding hydrogens is 226 g/mol. The van der Waals surface area contributed by atoms with E-state index in [2.05, 4.69) is 56.6 Å². The number of hydrogen-bond acceptors (Lipinski definition) is 3. The van der Waals surface area contributed by atoms with Crippen molar-refractivity contribution in [3.63, 3.8) is 0 Å². The van der Waals surface area contributed by atoms with E-state index in [4.69, 9.17) is 4.74 Å². The molecule has 1 unspecified atom stereocenters. The molecule has 0 amide bonds. The van der Waals surface area contributed by atoms with Crippen LogP contribution in [0.2, 0.25) is 0 Å². The minimum absolute atomic E-state index is 0.142. The summed E-state index contributed by atoms with van der Waals surface area (Å²) in [5.41, 5.74) is 3.54. The standard InChI is InChI=1S/C14H27N3O/c1-8-17-12(4)13(11(3)16-17)10(2)15-9-14(5,6)18-7/h10,15H,8-9H2,1-7H3. The quantitative estimate of drug-likeness (QED) is 0.847. The predicted octanol–water partition coefficient (Wildman–Crippen LogP) is 2.60. The molecule has 0 aliphatic rings. The highest BCUT2D eigenvalue weighted by Crippen LogP contribution is 2.22. The third-order valence-corrected chi connectivity index (χ3v) is 3.56. The highest BCUT2D eigenvalue weighted by atomic mass is 16.5. The highest BCUT2D eigenvalue weighted by molar-refractivity contribution is 5.27. The second-order valence-corrected chi connectivity index (χ2v) is 5.47. The van der Waals surface area contributed by atoms with E-state index in [9.17, 15) is 0 Å². The Balaban J connectivity index is 2.79. The fourth-order valence-electron chi connectivity index (χ4n) is 2.22. The summed E-state index contributed by atoms with van der Waals surface area (Å²) in [7, 11) is 1.75. The first kappa shape index (κ1) is 15.2. The molecule has 1 aromatic heterocycles. The molecule has 18 heavy (non-hydrogen) atoms. The number of ether oxygens (including phenoxy) is 1. The van der Waals surface area contributed by atoms with E-state index in [1.807, 2.05) is 0 Å². The van der Waals surface area contributed by atoms with E-state index < -0.39 is 0 Å². The minimum Gasteiger partial charge on any atom is -0.377 e. The number of nitrogens with zero attached hydrogens (tertiary/aromatic N) is 2. The van der Waals surface area contributed by atoms with Gasteiger partial charge in [0, 0.05) is 37.5 Å². The largest absolute Gasteiger partial charge is 0.377 e. The summed E-state index contributed by atoms with van der Waals surface area (Å²) in [4.78, 5) is 0. The van der Waals surface area contributed by atoms with Gasteiger partial charge in [0.25, 0.3) is 0 Å². The summed E-state index contributed by atoms with van der Waals surface area (Å²) >= 11 is 0. The van der Waals surface area contributed by atoms with E-state index in [-0.39, 0.29) is 5.60 Å². The third kappa shape index (κ3) is 3.33. The van der Waals surface area contributed by atoms with Gasteiger partial charge in [-0.2, -0.15) is 5.10 Å². The molecular formula is C14H27N3O. The first-order chi connectivity index (χ1) is 8.32. The SMILES string of the molecule is CCn1nc(C)c(C(C)NCC(C)(C)OC)c1C. The molecule has 1 rings (SSSR count). The molecule has 0 saturated heterocycles. The fourth-order valence-corrected chi connectivity index (χ4v) is 2.22. The van der Waals surface area contributed by atoms with Gasteiger partial charge < -0.3 is 10.1 Å². The molecule has 4 heteroatoms. The van der Waals surface area contributed by atoms with Crippen molar-refractivity contribution in [2.24, 2.45) is 0 Å². The second-order valence-electron chi connectivity index (χ2n) is 5.47. The first-order valence-corrected chi connectivity index (χ1v) is 6.64. The fraction of sp³-hybridized carbons (Fsp3) is 0.786. The second kappa shape index (κ2) is 5.85. The predicted molar refractivity (Wildman–Crippen MR) is 74.9 cm³/mol. The van der Waals surface area contributed by atoms with Crippen LogP contribution in [0.5, 0.6) is 0 Å². The third-order valence-electron chi connectivity index (χ3n) is 3.56. The molecule has 0 saturated carbocycles. The Hall–Kier alpha value is -0.870. The van der Waals surface area contributed by atoms with Crippen LogP contribution in [0.3, 0.4) is 0 Å².